The van der Waals surface area contributed by atoms with E-state index in [1.165, 1.54) is 6.08 Å². The topological polar surface area (TPSA) is 26.3 Å². The SMILES string of the molecule is CCOC(=O)/C=C(\c1ccccc1)c1ccccc1Cl. The first-order valence-corrected chi connectivity index (χ1v) is 6.79. The van der Waals surface area contributed by atoms with Crippen molar-refractivity contribution in [3.63, 3.8) is 0 Å². The molecule has 0 aliphatic rings. The molecule has 0 spiro atoms. The third kappa shape index (κ3) is 3.49. The third-order valence-corrected chi connectivity index (χ3v) is 3.13. The second kappa shape index (κ2) is 6.92. The maximum atomic E-state index is 11.8. The average Bonchev–Trinajstić information content (AvgIpc) is 2.47. The number of hydrogen-bond acceptors (Lipinski definition) is 2. The second-order valence-corrected chi connectivity index (χ2v) is 4.56. The molecular weight excluding hydrogens is 272 g/mol. The smallest absolute Gasteiger partial charge is 0.331 e. The minimum Gasteiger partial charge on any atom is -0.463 e. The highest BCUT2D eigenvalue weighted by Crippen LogP contribution is 2.29. The van der Waals surface area contributed by atoms with Crippen molar-refractivity contribution in [3.05, 3.63) is 76.8 Å². The van der Waals surface area contributed by atoms with Crippen LogP contribution in [0.25, 0.3) is 5.57 Å². The monoisotopic (exact) mass is 286 g/mol. The van der Waals surface area contributed by atoms with E-state index >= 15 is 0 Å². The van der Waals surface area contributed by atoms with E-state index in [0.29, 0.717) is 11.6 Å². The Morgan fingerprint density at radius 3 is 2.40 bits per heavy atom. The van der Waals surface area contributed by atoms with Gasteiger partial charge in [-0.15, -0.1) is 0 Å². The summed E-state index contributed by atoms with van der Waals surface area (Å²) in [6.07, 6.45) is 1.49. The Balaban J connectivity index is 2.51. The maximum absolute atomic E-state index is 11.8. The summed E-state index contributed by atoms with van der Waals surface area (Å²) in [7, 11) is 0. The van der Waals surface area contributed by atoms with Crippen molar-refractivity contribution in [1.29, 1.82) is 0 Å². The molecule has 2 rings (SSSR count). The minimum atomic E-state index is -0.369. The molecule has 2 aromatic rings. The molecule has 0 saturated carbocycles. The fourth-order valence-corrected chi connectivity index (χ4v) is 2.15. The van der Waals surface area contributed by atoms with Crippen LogP contribution >= 0.6 is 11.6 Å². The van der Waals surface area contributed by atoms with Crippen molar-refractivity contribution in [2.45, 2.75) is 6.92 Å². The van der Waals surface area contributed by atoms with Crippen LogP contribution in [-0.4, -0.2) is 12.6 Å². The Hall–Kier alpha value is -2.06. The summed E-state index contributed by atoms with van der Waals surface area (Å²) in [4.78, 5) is 11.8. The predicted molar refractivity (Wildman–Crippen MR) is 81.6 cm³/mol. The Morgan fingerprint density at radius 1 is 1.10 bits per heavy atom. The Kier molecular flexibility index (Phi) is 4.97. The summed E-state index contributed by atoms with van der Waals surface area (Å²) >= 11 is 6.24. The number of carbonyl (C=O) groups excluding carboxylic acids is 1. The van der Waals surface area contributed by atoms with Crippen molar-refractivity contribution in [2.24, 2.45) is 0 Å². The molecular formula is C17H15ClO2. The summed E-state index contributed by atoms with van der Waals surface area (Å²) < 4.78 is 5.00. The van der Waals surface area contributed by atoms with Crippen LogP contribution in [-0.2, 0) is 9.53 Å². The van der Waals surface area contributed by atoms with Crippen LogP contribution in [0.3, 0.4) is 0 Å². The van der Waals surface area contributed by atoms with E-state index in [9.17, 15) is 4.79 Å². The van der Waals surface area contributed by atoms with Crippen molar-refractivity contribution in [2.75, 3.05) is 6.61 Å². The number of ether oxygens (including phenoxy) is 1. The van der Waals surface area contributed by atoms with Crippen LogP contribution in [0.1, 0.15) is 18.1 Å². The number of hydrogen-bond donors (Lipinski definition) is 0. The normalized spacial score (nSPS) is 11.2. The first kappa shape index (κ1) is 14.4. The zero-order chi connectivity index (χ0) is 14.4. The standard InChI is InChI=1S/C17H15ClO2/c1-2-20-17(19)12-15(13-8-4-3-5-9-13)14-10-6-7-11-16(14)18/h3-12H,2H2,1H3/b15-12+. The molecule has 0 unspecified atom stereocenters. The van der Waals surface area contributed by atoms with Gasteiger partial charge in [-0.05, 0) is 24.1 Å². The summed E-state index contributed by atoms with van der Waals surface area (Å²) in [5.74, 6) is -0.369. The zero-order valence-corrected chi connectivity index (χ0v) is 11.9. The van der Waals surface area contributed by atoms with Gasteiger partial charge >= 0.3 is 5.97 Å². The molecule has 0 aliphatic carbocycles. The number of halogens is 1. The molecule has 102 valence electrons. The van der Waals surface area contributed by atoms with Crippen molar-refractivity contribution in [1.82, 2.24) is 0 Å². The number of carbonyl (C=O) groups is 1. The van der Waals surface area contributed by atoms with Gasteiger partial charge in [0.1, 0.15) is 0 Å². The first-order valence-electron chi connectivity index (χ1n) is 6.41. The van der Waals surface area contributed by atoms with Gasteiger partial charge < -0.3 is 4.74 Å². The van der Waals surface area contributed by atoms with Gasteiger partial charge in [0.15, 0.2) is 0 Å². The van der Waals surface area contributed by atoms with Gasteiger partial charge in [0, 0.05) is 16.7 Å². The van der Waals surface area contributed by atoms with E-state index in [1.54, 1.807) is 13.0 Å². The van der Waals surface area contributed by atoms with Crippen LogP contribution in [0.5, 0.6) is 0 Å². The lowest BCUT2D eigenvalue weighted by molar-refractivity contribution is -0.137. The third-order valence-electron chi connectivity index (χ3n) is 2.80. The average molecular weight is 287 g/mol. The molecule has 0 saturated heterocycles. The van der Waals surface area contributed by atoms with Crippen LogP contribution < -0.4 is 0 Å². The van der Waals surface area contributed by atoms with Crippen molar-refractivity contribution in [3.8, 4) is 0 Å². The lowest BCUT2D eigenvalue weighted by Crippen LogP contribution is -2.02. The predicted octanol–water partition coefficient (Wildman–Crippen LogP) is 4.33. The van der Waals surface area contributed by atoms with Gasteiger partial charge in [-0.25, -0.2) is 4.79 Å². The summed E-state index contributed by atoms with van der Waals surface area (Å²) in [6, 6.07) is 17.1. The van der Waals surface area contributed by atoms with Crippen LogP contribution in [0.15, 0.2) is 60.7 Å². The molecule has 2 nitrogen and oxygen atoms in total. The molecule has 0 aliphatic heterocycles. The summed E-state index contributed by atoms with van der Waals surface area (Å²) in [6.45, 7) is 2.13. The second-order valence-electron chi connectivity index (χ2n) is 4.16. The molecule has 0 heterocycles. The highest BCUT2D eigenvalue weighted by molar-refractivity contribution is 6.32. The molecule has 0 N–H and O–H groups in total. The maximum Gasteiger partial charge on any atom is 0.331 e. The molecule has 0 atom stereocenters. The van der Waals surface area contributed by atoms with E-state index in [2.05, 4.69) is 0 Å². The molecule has 0 aromatic heterocycles. The Morgan fingerprint density at radius 2 is 1.75 bits per heavy atom. The van der Waals surface area contributed by atoms with Gasteiger partial charge in [0.2, 0.25) is 0 Å². The molecule has 20 heavy (non-hydrogen) atoms. The molecule has 2 aromatic carbocycles. The highest BCUT2D eigenvalue weighted by Gasteiger charge is 2.11. The molecule has 0 bridgehead atoms. The van der Waals surface area contributed by atoms with Crippen LogP contribution in [0, 0.1) is 0 Å². The number of rotatable bonds is 4. The molecule has 0 amide bonds. The summed E-state index contributed by atoms with van der Waals surface area (Å²) in [5.41, 5.74) is 2.50. The number of esters is 1. The quantitative estimate of drug-likeness (QED) is 0.617. The van der Waals surface area contributed by atoms with E-state index in [4.69, 9.17) is 16.3 Å². The van der Waals surface area contributed by atoms with Crippen molar-refractivity contribution < 1.29 is 9.53 Å². The lowest BCUT2D eigenvalue weighted by Gasteiger charge is -2.10. The van der Waals surface area contributed by atoms with E-state index in [-0.39, 0.29) is 5.97 Å². The molecule has 0 fully saturated rings. The minimum absolute atomic E-state index is 0.347. The largest absolute Gasteiger partial charge is 0.463 e. The fraction of sp³-hybridized carbons (Fsp3) is 0.118. The van der Waals surface area contributed by atoms with E-state index < -0.39 is 0 Å². The van der Waals surface area contributed by atoms with Crippen LogP contribution in [0.2, 0.25) is 5.02 Å². The van der Waals surface area contributed by atoms with Crippen LogP contribution in [0.4, 0.5) is 0 Å². The molecule has 0 radical (unpaired) electrons. The van der Waals surface area contributed by atoms with Gasteiger partial charge in [0.05, 0.1) is 6.61 Å². The zero-order valence-electron chi connectivity index (χ0n) is 11.2. The number of benzene rings is 2. The lowest BCUT2D eigenvalue weighted by atomic mass is 9.97. The van der Waals surface area contributed by atoms with E-state index in [0.717, 1.165) is 16.7 Å². The van der Waals surface area contributed by atoms with Gasteiger partial charge in [-0.3, -0.25) is 0 Å². The Bertz CT molecular complexity index is 618. The van der Waals surface area contributed by atoms with Gasteiger partial charge in [-0.2, -0.15) is 0 Å². The summed E-state index contributed by atoms with van der Waals surface area (Å²) in [5, 5.41) is 0.604. The fourth-order valence-electron chi connectivity index (χ4n) is 1.92. The van der Waals surface area contributed by atoms with Gasteiger partial charge in [0.25, 0.3) is 0 Å². The highest BCUT2D eigenvalue weighted by atomic mass is 35.5. The van der Waals surface area contributed by atoms with Crippen molar-refractivity contribution >= 4 is 23.1 Å². The van der Waals surface area contributed by atoms with E-state index in [1.807, 2.05) is 48.5 Å². The molecule has 3 heteroatoms. The Labute approximate surface area is 123 Å². The first-order chi connectivity index (χ1) is 9.72. The van der Waals surface area contributed by atoms with Gasteiger partial charge in [-0.1, -0.05) is 60.1 Å².